The number of aliphatic hydroxyl groups excluding tert-OH is 1. The maximum absolute atomic E-state index is 12.2. The van der Waals surface area contributed by atoms with E-state index in [0.29, 0.717) is 5.56 Å². The molecular weight excluding hydrogens is 224 g/mol. The zero-order chi connectivity index (χ0) is 13.9. The smallest absolute Gasteiger partial charge is 0.168 e. The highest BCUT2D eigenvalue weighted by Crippen LogP contribution is 2.24. The molecule has 0 spiro atoms. The number of hydrogen-bond donors (Lipinski definition) is 1. The first-order valence-corrected chi connectivity index (χ1v) is 6.53. The van der Waals surface area contributed by atoms with Crippen LogP contribution in [0.4, 0.5) is 0 Å². The van der Waals surface area contributed by atoms with Crippen LogP contribution in [-0.4, -0.2) is 17.5 Å². The van der Waals surface area contributed by atoms with Gasteiger partial charge in [-0.1, -0.05) is 58.9 Å². The molecule has 1 atom stereocenters. The summed E-state index contributed by atoms with van der Waals surface area (Å²) < 4.78 is 0. The summed E-state index contributed by atoms with van der Waals surface area (Å²) in [6.07, 6.45) is 0. The molecule has 0 heterocycles. The maximum Gasteiger partial charge on any atom is 0.168 e. The van der Waals surface area contributed by atoms with E-state index in [1.54, 1.807) is 0 Å². The van der Waals surface area contributed by atoms with E-state index in [1.807, 2.05) is 38.1 Å². The summed E-state index contributed by atoms with van der Waals surface area (Å²) in [5, 5.41) is 9.29. The number of aliphatic hydroxyl groups is 1. The number of carbonyl (C=O) groups is 1. The lowest BCUT2D eigenvalue weighted by atomic mass is 9.84. The number of carbonyl (C=O) groups excluding carboxylic acids is 1. The second kappa shape index (κ2) is 5.66. The molecule has 1 rings (SSSR count). The van der Waals surface area contributed by atoms with Crippen molar-refractivity contribution in [1.82, 2.24) is 0 Å². The highest BCUT2D eigenvalue weighted by atomic mass is 16.3. The lowest BCUT2D eigenvalue weighted by Gasteiger charge is -2.20. The van der Waals surface area contributed by atoms with E-state index in [4.69, 9.17) is 0 Å². The molecule has 0 saturated carbocycles. The second-order valence-electron chi connectivity index (χ2n) is 6.22. The van der Waals surface area contributed by atoms with Gasteiger partial charge in [0.25, 0.3) is 0 Å². The minimum absolute atomic E-state index is 0.0351. The summed E-state index contributed by atoms with van der Waals surface area (Å²) in [5.74, 6) is -0.108. The van der Waals surface area contributed by atoms with Crippen molar-refractivity contribution < 1.29 is 9.90 Å². The summed E-state index contributed by atoms with van der Waals surface area (Å²) in [5.41, 5.74) is 2.00. The average molecular weight is 248 g/mol. The summed E-state index contributed by atoms with van der Waals surface area (Å²) in [6, 6.07) is 7.74. The van der Waals surface area contributed by atoms with E-state index in [0.717, 1.165) is 0 Å². The van der Waals surface area contributed by atoms with Crippen LogP contribution in [0.25, 0.3) is 0 Å². The molecule has 1 aromatic rings. The van der Waals surface area contributed by atoms with Crippen molar-refractivity contribution in [3.63, 3.8) is 0 Å². The molecule has 2 heteroatoms. The van der Waals surface area contributed by atoms with Crippen molar-refractivity contribution in [3.8, 4) is 0 Å². The van der Waals surface area contributed by atoms with Gasteiger partial charge in [-0.15, -0.1) is 0 Å². The van der Waals surface area contributed by atoms with Crippen LogP contribution in [0, 0.1) is 11.8 Å². The highest BCUT2D eigenvalue weighted by molar-refractivity contribution is 5.98. The minimum atomic E-state index is -0.300. The Morgan fingerprint density at radius 1 is 1.17 bits per heavy atom. The van der Waals surface area contributed by atoms with Crippen LogP contribution in [-0.2, 0) is 5.41 Å². The van der Waals surface area contributed by atoms with Gasteiger partial charge in [-0.3, -0.25) is 4.79 Å². The van der Waals surface area contributed by atoms with Gasteiger partial charge >= 0.3 is 0 Å². The zero-order valence-corrected chi connectivity index (χ0v) is 12.0. The van der Waals surface area contributed by atoms with Crippen LogP contribution in [0.15, 0.2) is 24.3 Å². The van der Waals surface area contributed by atoms with Crippen LogP contribution < -0.4 is 0 Å². The first kappa shape index (κ1) is 14.9. The van der Waals surface area contributed by atoms with Crippen LogP contribution >= 0.6 is 0 Å². The first-order chi connectivity index (χ1) is 8.27. The second-order valence-corrected chi connectivity index (χ2v) is 6.22. The molecule has 100 valence electrons. The van der Waals surface area contributed by atoms with Crippen LogP contribution in [0.3, 0.4) is 0 Å². The third-order valence-corrected chi connectivity index (χ3v) is 3.37. The van der Waals surface area contributed by atoms with Crippen LogP contribution in [0.2, 0.25) is 0 Å². The predicted molar refractivity (Wildman–Crippen MR) is 74.9 cm³/mol. The number of hydrogen-bond acceptors (Lipinski definition) is 2. The van der Waals surface area contributed by atoms with Gasteiger partial charge in [0.2, 0.25) is 0 Å². The summed E-state index contributed by atoms with van der Waals surface area (Å²) in [4.78, 5) is 12.2. The summed E-state index contributed by atoms with van der Waals surface area (Å²) in [7, 11) is 0. The van der Waals surface area contributed by atoms with E-state index in [1.165, 1.54) is 5.56 Å². The average Bonchev–Trinajstić information content (AvgIpc) is 2.28. The van der Waals surface area contributed by atoms with E-state index in [-0.39, 0.29) is 29.6 Å². The highest BCUT2D eigenvalue weighted by Gasteiger charge is 2.23. The third-order valence-electron chi connectivity index (χ3n) is 3.37. The normalized spacial score (nSPS) is 13.7. The van der Waals surface area contributed by atoms with Crippen molar-refractivity contribution in [3.05, 3.63) is 35.4 Å². The third kappa shape index (κ3) is 3.42. The van der Waals surface area contributed by atoms with Crippen LogP contribution in [0.5, 0.6) is 0 Å². The molecule has 0 aliphatic rings. The van der Waals surface area contributed by atoms with Gasteiger partial charge in [0.1, 0.15) is 0 Å². The monoisotopic (exact) mass is 248 g/mol. The first-order valence-electron chi connectivity index (χ1n) is 6.53. The molecule has 0 aliphatic heterocycles. The molecule has 2 nitrogen and oxygen atoms in total. The fraction of sp³-hybridized carbons (Fsp3) is 0.562. The zero-order valence-electron chi connectivity index (χ0n) is 12.0. The fourth-order valence-electron chi connectivity index (χ4n) is 1.95. The molecule has 1 N–H and O–H groups in total. The Hall–Kier alpha value is -1.15. The van der Waals surface area contributed by atoms with Crippen molar-refractivity contribution in [2.75, 3.05) is 6.61 Å². The summed E-state index contributed by atoms with van der Waals surface area (Å²) in [6.45, 7) is 10.3. The Labute approximate surface area is 110 Å². The Bertz CT molecular complexity index is 396. The Kier molecular flexibility index (Phi) is 4.69. The van der Waals surface area contributed by atoms with Crippen molar-refractivity contribution >= 4 is 5.78 Å². The number of benzene rings is 1. The van der Waals surface area contributed by atoms with E-state index >= 15 is 0 Å². The Balaban J connectivity index is 2.95. The quantitative estimate of drug-likeness (QED) is 0.829. The molecule has 18 heavy (non-hydrogen) atoms. The Morgan fingerprint density at radius 2 is 1.67 bits per heavy atom. The topological polar surface area (TPSA) is 37.3 Å². The van der Waals surface area contributed by atoms with Gasteiger partial charge in [0.05, 0.1) is 6.61 Å². The van der Waals surface area contributed by atoms with Gasteiger partial charge in [-0.2, -0.15) is 0 Å². The Morgan fingerprint density at radius 3 is 2.00 bits per heavy atom. The van der Waals surface area contributed by atoms with Gasteiger partial charge < -0.3 is 5.11 Å². The lowest BCUT2D eigenvalue weighted by molar-refractivity contribution is 0.0806. The molecule has 0 radical (unpaired) electrons. The predicted octanol–water partition coefficient (Wildman–Crippen LogP) is 3.43. The molecule has 1 aromatic carbocycles. The lowest BCUT2D eigenvalue weighted by Crippen LogP contribution is -2.24. The number of rotatable bonds is 4. The SMILES string of the molecule is CC(C)C(CO)C(=O)c1ccc(C(C)(C)C)cc1. The maximum atomic E-state index is 12.2. The van der Waals surface area contributed by atoms with Crippen LogP contribution in [0.1, 0.15) is 50.5 Å². The molecule has 0 amide bonds. The van der Waals surface area contributed by atoms with Gasteiger partial charge in [0, 0.05) is 11.5 Å². The number of Topliss-reactive ketones (excluding diaryl/α,β-unsaturated/α-hetero) is 1. The molecule has 0 aromatic heterocycles. The standard InChI is InChI=1S/C16H24O2/c1-11(2)14(10-17)15(18)12-6-8-13(9-7-12)16(3,4)5/h6-9,11,14,17H,10H2,1-5H3. The summed E-state index contributed by atoms with van der Waals surface area (Å²) >= 11 is 0. The van der Waals surface area contributed by atoms with E-state index in [2.05, 4.69) is 20.8 Å². The molecule has 0 fully saturated rings. The minimum Gasteiger partial charge on any atom is -0.396 e. The van der Waals surface area contributed by atoms with Crippen molar-refractivity contribution in [2.24, 2.45) is 11.8 Å². The van der Waals surface area contributed by atoms with Crippen molar-refractivity contribution in [1.29, 1.82) is 0 Å². The molecule has 0 saturated heterocycles. The fourth-order valence-corrected chi connectivity index (χ4v) is 1.95. The molecule has 1 unspecified atom stereocenters. The van der Waals surface area contributed by atoms with Gasteiger partial charge in [-0.05, 0) is 16.9 Å². The van der Waals surface area contributed by atoms with Crippen molar-refractivity contribution in [2.45, 2.75) is 40.0 Å². The molecular formula is C16H24O2. The van der Waals surface area contributed by atoms with E-state index in [9.17, 15) is 9.90 Å². The molecule has 0 bridgehead atoms. The largest absolute Gasteiger partial charge is 0.396 e. The van der Waals surface area contributed by atoms with E-state index < -0.39 is 0 Å². The van der Waals surface area contributed by atoms with Gasteiger partial charge in [0.15, 0.2) is 5.78 Å². The van der Waals surface area contributed by atoms with Gasteiger partial charge in [-0.25, -0.2) is 0 Å². The molecule has 0 aliphatic carbocycles. The number of ketones is 1.